The van der Waals surface area contributed by atoms with E-state index in [0.29, 0.717) is 0 Å². The highest BCUT2D eigenvalue weighted by Crippen LogP contribution is 2.42. The van der Waals surface area contributed by atoms with Crippen LogP contribution in [0.5, 0.6) is 0 Å². The average Bonchev–Trinajstić information content (AvgIpc) is 3.51. The number of para-hydroxylation sites is 4. The van der Waals surface area contributed by atoms with Gasteiger partial charge in [-0.25, -0.2) is 0 Å². The van der Waals surface area contributed by atoms with Crippen LogP contribution < -0.4 is 0 Å². The second kappa shape index (κ2) is 10.2. The Hall–Kier alpha value is -4.22. The Morgan fingerprint density at radius 1 is 0.591 bits per heavy atom. The topological polar surface area (TPSA) is 47.2 Å². The standard InChI is InChI=1S/C39H41N3O2/c1-38(2,36(43)30-17-11-15-28-26-13-7-9-19-32(26)40(5)34(28)30)25-21-23-42(24-22-25)39(3,4)37(44)31-18-12-16-29-27-14-8-10-20-33(27)41(6)35(29)31/h7-20,25H,21-24H2,1-6H3. The predicted octanol–water partition coefficient (Wildman–Crippen LogP) is 8.56. The number of carbonyl (C=O) groups excluding carboxylic acids is 2. The number of hydrogen-bond donors (Lipinski definition) is 0. The van der Waals surface area contributed by atoms with Gasteiger partial charge in [0, 0.05) is 63.2 Å². The monoisotopic (exact) mass is 583 g/mol. The van der Waals surface area contributed by atoms with E-state index < -0.39 is 11.0 Å². The zero-order valence-electron chi connectivity index (χ0n) is 26.6. The van der Waals surface area contributed by atoms with Crippen molar-refractivity contribution < 1.29 is 9.59 Å². The molecule has 0 unspecified atom stereocenters. The maximum absolute atomic E-state index is 14.3. The van der Waals surface area contributed by atoms with E-state index in [1.165, 1.54) is 10.8 Å². The van der Waals surface area contributed by atoms with E-state index in [1.807, 2.05) is 30.3 Å². The lowest BCUT2D eigenvalue weighted by atomic mass is 9.69. The number of Topliss-reactive ketones (excluding diaryl/α,β-unsaturated/α-hetero) is 2. The van der Waals surface area contributed by atoms with Gasteiger partial charge in [0.25, 0.3) is 0 Å². The number of ketones is 2. The third kappa shape index (κ3) is 4.09. The number of piperidine rings is 1. The van der Waals surface area contributed by atoms with E-state index in [2.05, 4.69) is 110 Å². The number of nitrogens with zero attached hydrogens (tertiary/aromatic N) is 3. The minimum Gasteiger partial charge on any atom is -0.343 e. The lowest BCUT2D eigenvalue weighted by Crippen LogP contribution is -2.54. The molecule has 1 fully saturated rings. The molecule has 44 heavy (non-hydrogen) atoms. The van der Waals surface area contributed by atoms with Crippen molar-refractivity contribution in [3.05, 3.63) is 96.1 Å². The van der Waals surface area contributed by atoms with Crippen LogP contribution in [0.4, 0.5) is 0 Å². The number of carbonyl (C=O) groups is 2. The summed E-state index contributed by atoms with van der Waals surface area (Å²) in [4.78, 5) is 31.0. The van der Waals surface area contributed by atoms with Crippen molar-refractivity contribution in [2.75, 3.05) is 13.1 Å². The summed E-state index contributed by atoms with van der Waals surface area (Å²) in [6.45, 7) is 9.93. The molecule has 6 aromatic rings. The van der Waals surface area contributed by atoms with Crippen LogP contribution in [-0.2, 0) is 14.1 Å². The molecule has 0 spiro atoms. The van der Waals surface area contributed by atoms with Gasteiger partial charge in [-0.1, -0.05) is 74.5 Å². The zero-order valence-corrected chi connectivity index (χ0v) is 26.6. The molecule has 1 aliphatic rings. The molecule has 0 saturated carbocycles. The van der Waals surface area contributed by atoms with Crippen molar-refractivity contribution in [1.82, 2.24) is 14.0 Å². The molecule has 0 amide bonds. The molecule has 0 aliphatic carbocycles. The minimum atomic E-state index is -0.668. The van der Waals surface area contributed by atoms with Crippen molar-refractivity contribution >= 4 is 55.2 Å². The normalized spacial score (nSPS) is 15.6. The first-order chi connectivity index (χ1) is 21.0. The summed E-state index contributed by atoms with van der Waals surface area (Å²) in [7, 11) is 4.11. The molecule has 7 rings (SSSR count). The molecule has 1 aliphatic heterocycles. The third-order valence-electron chi connectivity index (χ3n) is 10.8. The summed E-state index contributed by atoms with van der Waals surface area (Å²) in [6.07, 6.45) is 1.75. The molecule has 0 atom stereocenters. The number of rotatable bonds is 6. The van der Waals surface area contributed by atoms with E-state index in [-0.39, 0.29) is 17.5 Å². The maximum atomic E-state index is 14.3. The van der Waals surface area contributed by atoms with Crippen molar-refractivity contribution in [2.24, 2.45) is 25.4 Å². The molecule has 2 aromatic heterocycles. The fraction of sp³-hybridized carbons (Fsp3) is 0.333. The lowest BCUT2D eigenvalue weighted by molar-refractivity contribution is 0.0323. The van der Waals surface area contributed by atoms with Crippen LogP contribution in [0.3, 0.4) is 0 Å². The zero-order chi connectivity index (χ0) is 31.0. The van der Waals surface area contributed by atoms with Crippen LogP contribution >= 0.6 is 0 Å². The molecular weight excluding hydrogens is 542 g/mol. The molecule has 1 saturated heterocycles. The van der Waals surface area contributed by atoms with Gasteiger partial charge < -0.3 is 9.13 Å². The smallest absolute Gasteiger partial charge is 0.184 e. The number of aromatic nitrogens is 2. The summed E-state index contributed by atoms with van der Waals surface area (Å²) in [5.74, 6) is 0.569. The fourth-order valence-electron chi connectivity index (χ4n) is 8.01. The molecule has 0 radical (unpaired) electrons. The Morgan fingerprint density at radius 2 is 1.02 bits per heavy atom. The van der Waals surface area contributed by atoms with E-state index in [9.17, 15) is 9.59 Å². The molecule has 3 heterocycles. The highest BCUT2D eigenvalue weighted by Gasteiger charge is 2.44. The Kier molecular flexibility index (Phi) is 6.60. The number of likely N-dealkylation sites (tertiary alicyclic amines) is 1. The Bertz CT molecular complexity index is 1950. The van der Waals surface area contributed by atoms with Crippen molar-refractivity contribution in [1.29, 1.82) is 0 Å². The van der Waals surface area contributed by atoms with Crippen LogP contribution in [-0.4, -0.2) is 44.2 Å². The molecule has 0 N–H and O–H groups in total. The van der Waals surface area contributed by atoms with Crippen LogP contribution in [0.15, 0.2) is 84.9 Å². The number of hydrogen-bond acceptors (Lipinski definition) is 3. The fourth-order valence-corrected chi connectivity index (χ4v) is 8.01. The Labute approximate surface area is 259 Å². The Morgan fingerprint density at radius 3 is 1.52 bits per heavy atom. The maximum Gasteiger partial charge on any atom is 0.184 e. The molecule has 4 aromatic carbocycles. The Balaban J connectivity index is 1.14. The van der Waals surface area contributed by atoms with Crippen LogP contribution in [0.25, 0.3) is 43.6 Å². The van der Waals surface area contributed by atoms with Gasteiger partial charge in [-0.05, 0) is 70.0 Å². The van der Waals surface area contributed by atoms with E-state index in [0.717, 1.165) is 69.9 Å². The average molecular weight is 584 g/mol. The number of fused-ring (bicyclic) bond motifs is 6. The highest BCUT2D eigenvalue weighted by atomic mass is 16.1. The number of aryl methyl sites for hydroxylation is 2. The molecule has 5 heteroatoms. The summed E-state index contributed by atoms with van der Waals surface area (Å²) in [6, 6.07) is 29.0. The summed E-state index contributed by atoms with van der Waals surface area (Å²) < 4.78 is 4.33. The lowest BCUT2D eigenvalue weighted by Gasteiger charge is -2.45. The van der Waals surface area contributed by atoms with Gasteiger partial charge >= 0.3 is 0 Å². The first kappa shape index (κ1) is 28.5. The van der Waals surface area contributed by atoms with Gasteiger partial charge in [-0.2, -0.15) is 0 Å². The third-order valence-corrected chi connectivity index (χ3v) is 10.8. The van der Waals surface area contributed by atoms with E-state index in [4.69, 9.17) is 0 Å². The van der Waals surface area contributed by atoms with Crippen LogP contribution in [0.2, 0.25) is 0 Å². The van der Waals surface area contributed by atoms with Gasteiger partial charge in [-0.15, -0.1) is 0 Å². The minimum absolute atomic E-state index is 0.144. The SMILES string of the molecule is Cn1c2ccccc2c2cccc(C(=O)C(C)(C)C3CCN(C(C)(C)C(=O)c4cccc5c6ccccc6n(C)c45)CC3)c21. The quantitative estimate of drug-likeness (QED) is 0.185. The molecule has 5 nitrogen and oxygen atoms in total. The van der Waals surface area contributed by atoms with Crippen LogP contribution in [0.1, 0.15) is 61.3 Å². The molecule has 224 valence electrons. The largest absolute Gasteiger partial charge is 0.343 e. The first-order valence-electron chi connectivity index (χ1n) is 15.8. The van der Waals surface area contributed by atoms with Gasteiger partial charge in [0.1, 0.15) is 0 Å². The summed E-state index contributed by atoms with van der Waals surface area (Å²) in [5.41, 5.74) is 4.65. The van der Waals surface area contributed by atoms with Gasteiger partial charge in [0.15, 0.2) is 11.6 Å². The summed E-state index contributed by atoms with van der Waals surface area (Å²) in [5, 5.41) is 4.59. The number of benzene rings is 4. The van der Waals surface area contributed by atoms with Gasteiger partial charge in [0.05, 0.1) is 16.6 Å². The second-order valence-electron chi connectivity index (χ2n) is 13.8. The van der Waals surface area contributed by atoms with E-state index >= 15 is 0 Å². The van der Waals surface area contributed by atoms with Gasteiger partial charge in [0.2, 0.25) is 0 Å². The highest BCUT2D eigenvalue weighted by molar-refractivity contribution is 6.18. The summed E-state index contributed by atoms with van der Waals surface area (Å²) >= 11 is 0. The van der Waals surface area contributed by atoms with E-state index in [1.54, 1.807) is 0 Å². The van der Waals surface area contributed by atoms with Gasteiger partial charge in [-0.3, -0.25) is 14.5 Å². The van der Waals surface area contributed by atoms with Crippen molar-refractivity contribution in [2.45, 2.75) is 46.1 Å². The van der Waals surface area contributed by atoms with Crippen molar-refractivity contribution in [3.63, 3.8) is 0 Å². The molecule has 0 bridgehead atoms. The second-order valence-corrected chi connectivity index (χ2v) is 13.8. The molecular formula is C39H41N3O2. The predicted molar refractivity (Wildman–Crippen MR) is 182 cm³/mol. The van der Waals surface area contributed by atoms with Crippen molar-refractivity contribution in [3.8, 4) is 0 Å². The van der Waals surface area contributed by atoms with Crippen LogP contribution in [0, 0.1) is 11.3 Å². The first-order valence-corrected chi connectivity index (χ1v) is 15.8.